The van der Waals surface area contributed by atoms with Gasteiger partial charge in [0.1, 0.15) is 5.75 Å². The first-order valence-electron chi connectivity index (χ1n) is 9.30. The number of rotatable bonds is 4. The van der Waals surface area contributed by atoms with Crippen molar-refractivity contribution in [2.24, 2.45) is 10.9 Å². The van der Waals surface area contributed by atoms with Gasteiger partial charge in [-0.25, -0.2) is 4.79 Å². The van der Waals surface area contributed by atoms with Crippen LogP contribution in [0.25, 0.3) is 0 Å². The Morgan fingerprint density at radius 2 is 1.71 bits per heavy atom. The molecular weight excluding hydrogens is 354 g/mol. The molecule has 0 saturated carbocycles. The molecule has 0 aromatic heterocycles. The molecule has 1 heterocycles. The van der Waals surface area contributed by atoms with E-state index in [-0.39, 0.29) is 5.78 Å². The quantitative estimate of drug-likeness (QED) is 0.760. The second-order valence-electron chi connectivity index (χ2n) is 6.85. The Balaban J connectivity index is 1.88. The lowest BCUT2D eigenvalue weighted by Gasteiger charge is -2.29. The van der Waals surface area contributed by atoms with Crippen LogP contribution >= 0.6 is 0 Å². The van der Waals surface area contributed by atoms with Gasteiger partial charge >= 0.3 is 5.97 Å². The van der Waals surface area contributed by atoms with E-state index in [9.17, 15) is 9.59 Å². The van der Waals surface area contributed by atoms with Gasteiger partial charge < -0.3 is 9.47 Å². The first-order chi connectivity index (χ1) is 13.6. The molecule has 0 saturated heterocycles. The van der Waals surface area contributed by atoms with Crippen molar-refractivity contribution in [2.45, 2.75) is 19.8 Å². The highest BCUT2D eigenvalue weighted by atomic mass is 16.5. The van der Waals surface area contributed by atoms with Crippen molar-refractivity contribution < 1.29 is 19.1 Å². The number of aliphatic imine (C=N–C) groups is 1. The molecule has 142 valence electrons. The summed E-state index contributed by atoms with van der Waals surface area (Å²) in [4.78, 5) is 30.5. The standard InChI is InChI=1S/C23H21NO4/c1-4-28-15-11-9-14(10-12-15)19-18(23(26)27-3)13(2)24-21-16-7-5-6-8-17(16)22(25)20(19)21/h5-12,19-20H,4H2,1-3H3/t19-,20?/m1/s1. The van der Waals surface area contributed by atoms with Gasteiger partial charge in [-0.05, 0) is 31.5 Å². The van der Waals surface area contributed by atoms with Gasteiger partial charge in [0.05, 0.1) is 30.9 Å². The zero-order chi connectivity index (χ0) is 19.8. The summed E-state index contributed by atoms with van der Waals surface area (Å²) in [5.41, 5.74) is 4.10. The Hall–Kier alpha value is -3.21. The van der Waals surface area contributed by atoms with Crippen LogP contribution in [-0.2, 0) is 9.53 Å². The van der Waals surface area contributed by atoms with Crippen LogP contribution in [0.15, 0.2) is 64.8 Å². The summed E-state index contributed by atoms with van der Waals surface area (Å²) in [7, 11) is 1.35. The molecule has 0 spiro atoms. The molecule has 1 unspecified atom stereocenters. The van der Waals surface area contributed by atoms with Gasteiger partial charge in [0.25, 0.3) is 0 Å². The highest BCUT2D eigenvalue weighted by Crippen LogP contribution is 2.46. The van der Waals surface area contributed by atoms with E-state index >= 15 is 0 Å². The van der Waals surface area contributed by atoms with Gasteiger partial charge in [0.2, 0.25) is 0 Å². The molecule has 5 heteroatoms. The topological polar surface area (TPSA) is 65.0 Å². The minimum atomic E-state index is -0.534. The third-order valence-electron chi connectivity index (χ3n) is 5.32. The monoisotopic (exact) mass is 375 g/mol. The van der Waals surface area contributed by atoms with E-state index in [0.29, 0.717) is 23.4 Å². The number of hydrogen-bond acceptors (Lipinski definition) is 5. The number of fused-ring (bicyclic) bond motifs is 3. The minimum Gasteiger partial charge on any atom is -0.494 e. The number of allylic oxidation sites excluding steroid dienone is 1. The van der Waals surface area contributed by atoms with Crippen LogP contribution in [0.3, 0.4) is 0 Å². The summed E-state index contributed by atoms with van der Waals surface area (Å²) in [6.45, 7) is 4.29. The fraction of sp³-hybridized carbons (Fsp3) is 0.261. The third-order valence-corrected chi connectivity index (χ3v) is 5.32. The lowest BCUT2D eigenvalue weighted by Crippen LogP contribution is -2.32. The number of hydrogen-bond donors (Lipinski definition) is 0. The highest BCUT2D eigenvalue weighted by molar-refractivity contribution is 6.30. The summed E-state index contributed by atoms with van der Waals surface area (Å²) in [6.07, 6.45) is 0. The molecule has 2 aromatic rings. The van der Waals surface area contributed by atoms with Crippen molar-refractivity contribution in [3.63, 3.8) is 0 Å². The van der Waals surface area contributed by atoms with Crippen molar-refractivity contribution in [1.82, 2.24) is 0 Å². The maximum atomic E-state index is 13.3. The van der Waals surface area contributed by atoms with E-state index in [4.69, 9.17) is 9.47 Å². The lowest BCUT2D eigenvalue weighted by atomic mass is 9.75. The molecule has 1 aliphatic carbocycles. The van der Waals surface area contributed by atoms with Crippen molar-refractivity contribution in [2.75, 3.05) is 13.7 Å². The van der Waals surface area contributed by atoms with Gasteiger partial charge in [0.15, 0.2) is 5.78 Å². The summed E-state index contributed by atoms with van der Waals surface area (Å²) >= 11 is 0. The Kier molecular flexibility index (Phi) is 4.59. The number of Topliss-reactive ketones (excluding diaryl/α,β-unsaturated/α-hetero) is 1. The predicted molar refractivity (Wildman–Crippen MR) is 106 cm³/mol. The molecule has 0 fully saturated rings. The zero-order valence-electron chi connectivity index (χ0n) is 16.1. The maximum Gasteiger partial charge on any atom is 0.336 e. The van der Waals surface area contributed by atoms with Crippen LogP contribution in [0, 0.1) is 5.92 Å². The van der Waals surface area contributed by atoms with E-state index in [1.165, 1.54) is 7.11 Å². The molecule has 0 bridgehead atoms. The van der Waals surface area contributed by atoms with Crippen LogP contribution < -0.4 is 4.74 Å². The third kappa shape index (κ3) is 2.74. The zero-order valence-corrected chi connectivity index (χ0v) is 16.1. The number of ether oxygens (including phenoxy) is 2. The molecule has 0 amide bonds. The van der Waals surface area contributed by atoms with Crippen LogP contribution in [0.5, 0.6) is 5.75 Å². The molecule has 2 aliphatic rings. The van der Waals surface area contributed by atoms with Crippen molar-refractivity contribution in [1.29, 1.82) is 0 Å². The molecule has 5 nitrogen and oxygen atoms in total. The number of esters is 1. The fourth-order valence-electron chi connectivity index (χ4n) is 4.13. The number of methoxy groups -OCH3 is 1. The van der Waals surface area contributed by atoms with Gasteiger partial charge in [-0.1, -0.05) is 36.4 Å². The van der Waals surface area contributed by atoms with E-state index < -0.39 is 17.8 Å². The smallest absolute Gasteiger partial charge is 0.336 e. The maximum absolute atomic E-state index is 13.3. The summed E-state index contributed by atoms with van der Waals surface area (Å²) in [6, 6.07) is 15.0. The van der Waals surface area contributed by atoms with Crippen LogP contribution in [0.1, 0.15) is 41.3 Å². The second-order valence-corrected chi connectivity index (χ2v) is 6.85. The summed E-state index contributed by atoms with van der Waals surface area (Å²) in [5.74, 6) is -0.703. The molecule has 0 N–H and O–H groups in total. The highest BCUT2D eigenvalue weighted by Gasteiger charge is 2.47. The van der Waals surface area contributed by atoms with Gasteiger partial charge in [-0.3, -0.25) is 9.79 Å². The molecular formula is C23H21NO4. The normalized spacial score (nSPS) is 20.4. The fourth-order valence-corrected chi connectivity index (χ4v) is 4.13. The second kappa shape index (κ2) is 7.08. The summed E-state index contributed by atoms with van der Waals surface area (Å²) in [5, 5.41) is 0. The van der Waals surface area contributed by atoms with Crippen molar-refractivity contribution in [3.8, 4) is 5.75 Å². The molecule has 0 radical (unpaired) electrons. The summed E-state index contributed by atoms with van der Waals surface area (Å²) < 4.78 is 10.6. The number of ketones is 1. The molecule has 1 aliphatic heterocycles. The average Bonchev–Trinajstić information content (AvgIpc) is 2.99. The Labute approximate surface area is 163 Å². The van der Waals surface area contributed by atoms with Crippen molar-refractivity contribution in [3.05, 3.63) is 76.5 Å². The van der Waals surface area contributed by atoms with E-state index in [0.717, 1.165) is 22.6 Å². The Morgan fingerprint density at radius 1 is 1.04 bits per heavy atom. The van der Waals surface area contributed by atoms with Gasteiger partial charge in [-0.15, -0.1) is 0 Å². The number of carbonyl (C=O) groups is 2. The van der Waals surface area contributed by atoms with E-state index in [2.05, 4.69) is 4.99 Å². The van der Waals surface area contributed by atoms with E-state index in [1.807, 2.05) is 55.5 Å². The Bertz CT molecular complexity index is 1020. The van der Waals surface area contributed by atoms with Crippen LogP contribution in [-0.4, -0.2) is 31.2 Å². The first kappa shape index (κ1) is 18.2. The van der Waals surface area contributed by atoms with Gasteiger partial charge in [0, 0.05) is 22.7 Å². The Morgan fingerprint density at radius 3 is 2.36 bits per heavy atom. The van der Waals surface area contributed by atoms with Crippen molar-refractivity contribution >= 4 is 17.5 Å². The largest absolute Gasteiger partial charge is 0.494 e. The number of carbonyl (C=O) groups excluding carboxylic acids is 2. The number of nitrogens with zero attached hydrogens (tertiary/aromatic N) is 1. The van der Waals surface area contributed by atoms with E-state index in [1.54, 1.807) is 6.92 Å². The van der Waals surface area contributed by atoms with Crippen LogP contribution in [0.4, 0.5) is 0 Å². The minimum absolute atomic E-state index is 0.0119. The first-order valence-corrected chi connectivity index (χ1v) is 9.30. The predicted octanol–water partition coefficient (Wildman–Crippen LogP) is 3.93. The SMILES string of the molecule is CCOc1ccc([C@@H]2C(C(=O)OC)=C(C)N=C3c4ccccc4C(=O)C32)cc1. The number of benzene rings is 2. The average molecular weight is 375 g/mol. The molecule has 28 heavy (non-hydrogen) atoms. The van der Waals surface area contributed by atoms with Gasteiger partial charge in [-0.2, -0.15) is 0 Å². The molecule has 2 atom stereocenters. The van der Waals surface area contributed by atoms with Crippen LogP contribution in [0.2, 0.25) is 0 Å². The molecule has 2 aromatic carbocycles. The molecule has 4 rings (SSSR count). The lowest BCUT2D eigenvalue weighted by molar-refractivity contribution is -0.136.